The first kappa shape index (κ1) is 47.4. The van der Waals surface area contributed by atoms with E-state index < -0.39 is 18.2 Å². The number of allylic oxidation sites excluding steroid dienone is 3. The van der Waals surface area contributed by atoms with E-state index in [0.29, 0.717) is 86.4 Å². The molecule has 3 amide bonds. The highest BCUT2D eigenvalue weighted by atomic mass is 16.6. The molecule has 1 spiro atoms. The Hall–Kier alpha value is -5.70. The van der Waals surface area contributed by atoms with E-state index in [2.05, 4.69) is 15.1 Å². The quantitative estimate of drug-likeness (QED) is 0.112. The third-order valence-electron chi connectivity index (χ3n) is 14.9. The molecule has 0 bridgehead atoms. The third-order valence-corrected chi connectivity index (χ3v) is 14.9. The molecule has 3 aliphatic heterocycles. The number of anilines is 2. The van der Waals surface area contributed by atoms with Crippen molar-refractivity contribution < 1.29 is 38.1 Å². The number of nitrogens with one attached hydrogen (secondary N) is 1. The van der Waals surface area contributed by atoms with E-state index in [0.717, 1.165) is 68.6 Å². The minimum Gasteiger partial charge on any atom is -0.495 e. The molecule has 9 rings (SSSR count). The number of benzene rings is 3. The monoisotopic (exact) mass is 929 g/mol. The molecular weight excluding hydrogens is 861 g/mol. The van der Waals surface area contributed by atoms with Crippen LogP contribution in [0, 0.1) is 18.3 Å². The number of rotatable bonds is 20. The SMILES string of the molecule is CCOc1ccccc1N1C(=O)C2C=CC=CC2=NC1CN1CCN(C(=O)COc2ccc(CCOCCCCCN3C4CCCC45CC(OC(=O)Nc4cc(C)ccc4OC)CC35)cc2)CC1. The summed E-state index contributed by atoms with van der Waals surface area (Å²) in [5.41, 5.74) is 4.66. The smallest absolute Gasteiger partial charge is 0.412 e. The summed E-state index contributed by atoms with van der Waals surface area (Å²) in [6.45, 7) is 9.94. The highest BCUT2D eigenvalue weighted by Crippen LogP contribution is 2.63. The van der Waals surface area contributed by atoms with E-state index in [1.807, 2.05) is 110 Å². The molecule has 4 fully saturated rings. The standard InChI is InChI=1S/C54H68N6O8/c1-4-66-47-16-9-8-15-45(47)60-50(55-43-14-7-6-13-42(43)52(60)62)36-57-27-29-58(30-28-57)51(61)37-67-40-21-19-39(20-22-40)24-32-65-31-11-5-10-26-59-48-17-12-25-54(48)35-41(34-49(54)59)68-53(63)56-44-33-38(2)18-23-46(44)64-3/h6-9,13-16,18-23,33,41-42,48-50H,4-5,10-12,17,24-32,34-37H2,1-3H3,(H,56,63). The molecule has 3 aliphatic carbocycles. The number of fused-ring (bicyclic) bond motifs is 1. The number of aryl methyl sites for hydroxylation is 1. The number of hydrogen-bond acceptors (Lipinski definition) is 11. The minimum atomic E-state index is -0.421. The summed E-state index contributed by atoms with van der Waals surface area (Å²) < 4.78 is 29.3. The molecule has 6 unspecified atom stereocenters. The lowest BCUT2D eigenvalue weighted by Crippen LogP contribution is -2.66. The second-order valence-corrected chi connectivity index (χ2v) is 19.1. The Bertz CT molecular complexity index is 2340. The number of ether oxygens (including phenoxy) is 5. The number of nitrogens with zero attached hydrogens (tertiary/aromatic N) is 5. The van der Waals surface area contributed by atoms with Crippen molar-refractivity contribution >= 4 is 35.0 Å². The maximum absolute atomic E-state index is 14.0. The van der Waals surface area contributed by atoms with Crippen LogP contribution in [0.3, 0.4) is 0 Å². The lowest BCUT2D eigenvalue weighted by Gasteiger charge is -2.58. The Labute approximate surface area is 401 Å². The number of methoxy groups -OCH3 is 1. The third kappa shape index (κ3) is 10.5. The number of likely N-dealkylation sites (tertiary alicyclic amines) is 1. The molecule has 14 nitrogen and oxygen atoms in total. The van der Waals surface area contributed by atoms with Crippen LogP contribution in [0.1, 0.15) is 69.4 Å². The van der Waals surface area contributed by atoms with Crippen molar-refractivity contribution in [2.75, 3.05) is 83.0 Å². The predicted octanol–water partition coefficient (Wildman–Crippen LogP) is 7.85. The van der Waals surface area contributed by atoms with E-state index in [1.165, 1.54) is 24.8 Å². The van der Waals surface area contributed by atoms with E-state index >= 15 is 0 Å². The molecule has 3 heterocycles. The maximum Gasteiger partial charge on any atom is 0.412 e. The van der Waals surface area contributed by atoms with Crippen LogP contribution in [-0.4, -0.2) is 135 Å². The summed E-state index contributed by atoms with van der Waals surface area (Å²) in [6.07, 6.45) is 16.5. The van der Waals surface area contributed by atoms with Crippen LogP contribution in [0.15, 0.2) is 96.0 Å². The zero-order chi connectivity index (χ0) is 47.0. The largest absolute Gasteiger partial charge is 0.495 e. The second-order valence-electron chi connectivity index (χ2n) is 19.1. The van der Waals surface area contributed by atoms with E-state index in [9.17, 15) is 14.4 Å². The lowest BCUT2D eigenvalue weighted by atomic mass is 9.68. The van der Waals surface area contributed by atoms with Crippen LogP contribution in [0.2, 0.25) is 0 Å². The first-order chi connectivity index (χ1) is 33.2. The summed E-state index contributed by atoms with van der Waals surface area (Å²) in [6, 6.07) is 22.4. The van der Waals surface area contributed by atoms with Gasteiger partial charge >= 0.3 is 6.09 Å². The Balaban J connectivity index is 0.644. The number of unbranched alkanes of at least 4 members (excludes halogenated alkanes) is 2. The molecule has 2 saturated carbocycles. The van der Waals surface area contributed by atoms with Crippen LogP contribution in [0.4, 0.5) is 16.2 Å². The molecule has 1 N–H and O–H groups in total. The highest BCUT2D eigenvalue weighted by Gasteiger charge is 2.66. The van der Waals surface area contributed by atoms with Crippen molar-refractivity contribution in [2.24, 2.45) is 16.3 Å². The van der Waals surface area contributed by atoms with Crippen molar-refractivity contribution in [3.05, 3.63) is 102 Å². The van der Waals surface area contributed by atoms with Crippen LogP contribution in [-0.2, 0) is 25.5 Å². The van der Waals surface area contributed by atoms with Gasteiger partial charge in [-0.2, -0.15) is 0 Å². The number of hydrogen-bond donors (Lipinski definition) is 1. The van der Waals surface area contributed by atoms with Gasteiger partial charge in [-0.05, 0) is 119 Å². The maximum atomic E-state index is 14.0. The number of carbonyl (C=O) groups excluding carboxylic acids is 3. The molecule has 0 radical (unpaired) electrons. The van der Waals surface area contributed by atoms with Gasteiger partial charge in [-0.3, -0.25) is 34.6 Å². The fraction of sp³-hybridized carbons (Fsp3) is 0.519. The van der Waals surface area contributed by atoms with Crippen molar-refractivity contribution in [2.45, 2.75) is 96.0 Å². The van der Waals surface area contributed by atoms with Crippen LogP contribution < -0.4 is 24.4 Å². The average molecular weight is 929 g/mol. The van der Waals surface area contributed by atoms with Crippen molar-refractivity contribution in [3.8, 4) is 17.2 Å². The molecule has 2 saturated heterocycles. The summed E-state index contributed by atoms with van der Waals surface area (Å²) in [5.74, 6) is 1.48. The van der Waals surface area contributed by atoms with E-state index in [-0.39, 0.29) is 24.5 Å². The molecular formula is C54H68N6O8. The number of aliphatic imine (C=N–C) groups is 1. The fourth-order valence-electron chi connectivity index (χ4n) is 11.6. The van der Waals surface area contributed by atoms with Gasteiger partial charge in [-0.15, -0.1) is 0 Å². The summed E-state index contributed by atoms with van der Waals surface area (Å²) in [4.78, 5) is 53.8. The molecule has 3 aromatic carbocycles. The Morgan fingerprint density at radius 1 is 0.912 bits per heavy atom. The first-order valence-electron chi connectivity index (χ1n) is 24.9. The van der Waals surface area contributed by atoms with Gasteiger partial charge in [0.25, 0.3) is 5.91 Å². The Morgan fingerprint density at radius 3 is 2.57 bits per heavy atom. The molecule has 3 aromatic rings. The van der Waals surface area contributed by atoms with Gasteiger partial charge in [-0.1, -0.05) is 55.0 Å². The summed E-state index contributed by atoms with van der Waals surface area (Å²) in [5, 5.41) is 2.92. The summed E-state index contributed by atoms with van der Waals surface area (Å²) >= 11 is 0. The van der Waals surface area contributed by atoms with Crippen LogP contribution in [0.25, 0.3) is 0 Å². The zero-order valence-electron chi connectivity index (χ0n) is 40.0. The Kier molecular flexibility index (Phi) is 15.1. The normalized spacial score (nSPS) is 25.2. The minimum absolute atomic E-state index is 0.0156. The molecule has 68 heavy (non-hydrogen) atoms. The van der Waals surface area contributed by atoms with Gasteiger partial charge in [0.15, 0.2) is 6.61 Å². The van der Waals surface area contributed by atoms with Gasteiger partial charge < -0.3 is 28.6 Å². The van der Waals surface area contributed by atoms with Gasteiger partial charge in [-0.25, -0.2) is 4.79 Å². The Morgan fingerprint density at radius 2 is 1.75 bits per heavy atom. The molecule has 6 atom stereocenters. The van der Waals surface area contributed by atoms with Gasteiger partial charge in [0.05, 0.1) is 43.3 Å². The van der Waals surface area contributed by atoms with E-state index in [4.69, 9.17) is 28.7 Å². The van der Waals surface area contributed by atoms with Crippen LogP contribution >= 0.6 is 0 Å². The number of amides is 3. The van der Waals surface area contributed by atoms with Crippen molar-refractivity contribution in [1.82, 2.24) is 14.7 Å². The van der Waals surface area contributed by atoms with Crippen LogP contribution in [0.5, 0.6) is 17.2 Å². The zero-order valence-corrected chi connectivity index (χ0v) is 40.0. The lowest BCUT2D eigenvalue weighted by molar-refractivity contribution is -0.135. The first-order valence-corrected chi connectivity index (χ1v) is 24.9. The molecule has 0 aromatic heterocycles. The van der Waals surface area contributed by atoms with Gasteiger partial charge in [0.1, 0.15) is 29.5 Å². The number of carbonyl (C=O) groups is 3. The van der Waals surface area contributed by atoms with Crippen molar-refractivity contribution in [1.29, 1.82) is 0 Å². The van der Waals surface area contributed by atoms with Gasteiger partial charge in [0.2, 0.25) is 5.91 Å². The second kappa shape index (κ2) is 21.7. The van der Waals surface area contributed by atoms with Crippen molar-refractivity contribution in [3.63, 3.8) is 0 Å². The van der Waals surface area contributed by atoms with Gasteiger partial charge in [0, 0.05) is 63.3 Å². The molecule has 6 aliphatic rings. The average Bonchev–Trinajstić information content (AvgIpc) is 3.86. The summed E-state index contributed by atoms with van der Waals surface area (Å²) in [7, 11) is 1.61. The highest BCUT2D eigenvalue weighted by molar-refractivity contribution is 6.18. The topological polar surface area (TPSA) is 135 Å². The molecule has 362 valence electrons. The number of piperazine rings is 1. The fourth-order valence-corrected chi connectivity index (χ4v) is 11.6. The number of para-hydroxylation sites is 2. The molecule has 14 heteroatoms. The predicted molar refractivity (Wildman–Crippen MR) is 263 cm³/mol. The van der Waals surface area contributed by atoms with E-state index in [1.54, 1.807) is 12.0 Å².